The van der Waals surface area contributed by atoms with E-state index in [-0.39, 0.29) is 11.7 Å². The maximum atomic E-state index is 12.6. The van der Waals surface area contributed by atoms with Crippen molar-refractivity contribution in [2.75, 3.05) is 0 Å². The zero-order valence-electron chi connectivity index (χ0n) is 14.4. The summed E-state index contributed by atoms with van der Waals surface area (Å²) >= 11 is 0. The minimum Gasteiger partial charge on any atom is -0.508 e. The number of aromatic hydroxyl groups is 1. The lowest BCUT2D eigenvalue weighted by molar-refractivity contribution is -0.150. The van der Waals surface area contributed by atoms with Crippen LogP contribution in [0.15, 0.2) is 24.3 Å². The molecular weight excluding hydrogens is 306 g/mol. The number of phenols is 1. The van der Waals surface area contributed by atoms with Gasteiger partial charge >= 0.3 is 5.97 Å². The third kappa shape index (κ3) is 4.98. The summed E-state index contributed by atoms with van der Waals surface area (Å²) in [7, 11) is 0. The van der Waals surface area contributed by atoms with Crippen LogP contribution in [0.5, 0.6) is 5.75 Å². The third-order valence-electron chi connectivity index (χ3n) is 4.71. The summed E-state index contributed by atoms with van der Waals surface area (Å²) in [6.45, 7) is 3.77. The van der Waals surface area contributed by atoms with Crippen molar-refractivity contribution >= 4 is 11.9 Å². The molecule has 1 amide bonds. The summed E-state index contributed by atoms with van der Waals surface area (Å²) in [5.41, 5.74) is 0.416. The molecule has 1 aromatic carbocycles. The maximum Gasteiger partial charge on any atom is 0.316 e. The highest BCUT2D eigenvalue weighted by Crippen LogP contribution is 2.31. The van der Waals surface area contributed by atoms with Gasteiger partial charge in [0.1, 0.15) is 11.7 Å². The van der Waals surface area contributed by atoms with Gasteiger partial charge in [-0.2, -0.15) is 0 Å². The second kappa shape index (κ2) is 7.69. The Labute approximate surface area is 143 Å². The topological polar surface area (TPSA) is 86.6 Å². The maximum absolute atomic E-state index is 12.6. The number of nitrogens with one attached hydrogen (secondary N) is 1. The molecule has 1 aliphatic carbocycles. The molecule has 1 atom stereocenters. The van der Waals surface area contributed by atoms with Crippen LogP contribution in [0.4, 0.5) is 0 Å². The molecule has 5 nitrogen and oxygen atoms in total. The molecule has 0 unspecified atom stereocenters. The minimum atomic E-state index is -1.03. The van der Waals surface area contributed by atoms with Crippen molar-refractivity contribution in [2.24, 2.45) is 11.8 Å². The van der Waals surface area contributed by atoms with E-state index in [4.69, 9.17) is 0 Å². The molecule has 0 saturated heterocycles. The van der Waals surface area contributed by atoms with E-state index in [0.29, 0.717) is 6.42 Å². The minimum absolute atomic E-state index is 0.0688. The van der Waals surface area contributed by atoms with Crippen molar-refractivity contribution in [3.63, 3.8) is 0 Å². The monoisotopic (exact) mass is 333 g/mol. The summed E-state index contributed by atoms with van der Waals surface area (Å²) < 4.78 is 0. The van der Waals surface area contributed by atoms with Crippen LogP contribution >= 0.6 is 0 Å². The molecule has 0 spiro atoms. The Hall–Kier alpha value is -2.04. The lowest BCUT2D eigenvalue weighted by Gasteiger charge is -2.32. The smallest absolute Gasteiger partial charge is 0.316 e. The van der Waals surface area contributed by atoms with E-state index in [9.17, 15) is 19.8 Å². The molecule has 3 N–H and O–H groups in total. The van der Waals surface area contributed by atoms with Crippen molar-refractivity contribution in [1.29, 1.82) is 0 Å². The number of hydrogen-bond donors (Lipinski definition) is 3. The predicted molar refractivity (Wildman–Crippen MR) is 91.7 cm³/mol. The van der Waals surface area contributed by atoms with Crippen LogP contribution in [-0.4, -0.2) is 27.6 Å². The van der Waals surface area contributed by atoms with Gasteiger partial charge in [-0.15, -0.1) is 0 Å². The van der Waals surface area contributed by atoms with Gasteiger partial charge in [0, 0.05) is 5.54 Å². The Bertz CT molecular complexity index is 574. The van der Waals surface area contributed by atoms with Crippen LogP contribution < -0.4 is 5.32 Å². The first kappa shape index (κ1) is 18.3. The van der Waals surface area contributed by atoms with Gasteiger partial charge in [-0.1, -0.05) is 31.4 Å². The van der Waals surface area contributed by atoms with Gasteiger partial charge in [0.2, 0.25) is 5.91 Å². The molecule has 0 aliphatic heterocycles. The summed E-state index contributed by atoms with van der Waals surface area (Å²) in [6, 6.07) is 6.82. The van der Waals surface area contributed by atoms with Crippen molar-refractivity contribution in [1.82, 2.24) is 5.32 Å². The van der Waals surface area contributed by atoms with Crippen LogP contribution in [0.25, 0.3) is 0 Å². The SMILES string of the molecule is CC(C)(Cc1ccc(O)cc1)NC(=O)[C@H](C(=O)O)C1CCCCC1. The molecule has 1 saturated carbocycles. The molecule has 1 fully saturated rings. The molecular formula is C19H27NO4. The molecule has 132 valence electrons. The Morgan fingerprint density at radius 2 is 1.75 bits per heavy atom. The molecule has 1 aromatic rings. The number of carboxylic acids is 1. The number of carboxylic acid groups (broad SMARTS) is 1. The first-order valence-electron chi connectivity index (χ1n) is 8.61. The molecule has 0 bridgehead atoms. The summed E-state index contributed by atoms with van der Waals surface area (Å²) in [5.74, 6) is -2.26. The average Bonchev–Trinajstić information content (AvgIpc) is 2.49. The molecule has 2 rings (SSSR count). The van der Waals surface area contributed by atoms with E-state index in [1.165, 1.54) is 0 Å². The van der Waals surface area contributed by atoms with Crippen molar-refractivity contribution in [2.45, 2.75) is 57.9 Å². The zero-order valence-corrected chi connectivity index (χ0v) is 14.4. The van der Waals surface area contributed by atoms with E-state index in [1.807, 2.05) is 13.8 Å². The molecule has 24 heavy (non-hydrogen) atoms. The Morgan fingerprint density at radius 3 is 2.29 bits per heavy atom. The number of hydrogen-bond acceptors (Lipinski definition) is 3. The van der Waals surface area contributed by atoms with Gasteiger partial charge in [0.15, 0.2) is 0 Å². The number of carbonyl (C=O) groups excluding carboxylic acids is 1. The number of phenolic OH excluding ortho intramolecular Hbond substituents is 1. The molecule has 5 heteroatoms. The van der Waals surface area contributed by atoms with Gasteiger partial charge in [-0.3, -0.25) is 9.59 Å². The van der Waals surface area contributed by atoms with E-state index in [1.54, 1.807) is 24.3 Å². The fourth-order valence-electron chi connectivity index (χ4n) is 3.57. The highest BCUT2D eigenvalue weighted by atomic mass is 16.4. The molecule has 1 aliphatic rings. The van der Waals surface area contributed by atoms with Gasteiger partial charge in [0.05, 0.1) is 0 Å². The van der Waals surface area contributed by atoms with E-state index >= 15 is 0 Å². The fourth-order valence-corrected chi connectivity index (χ4v) is 3.57. The standard InChI is InChI=1S/C19H27NO4/c1-19(2,12-13-8-10-15(21)11-9-13)20-17(22)16(18(23)24)14-6-4-3-5-7-14/h8-11,14,16,21H,3-7,12H2,1-2H3,(H,20,22)(H,23,24)/t16-/m1/s1. The quantitative estimate of drug-likeness (QED) is 0.698. The van der Waals surface area contributed by atoms with E-state index in [0.717, 1.165) is 37.7 Å². The Balaban J connectivity index is 2.03. The van der Waals surface area contributed by atoms with Crippen LogP contribution in [0.2, 0.25) is 0 Å². The number of aliphatic carboxylic acids is 1. The number of benzene rings is 1. The Morgan fingerprint density at radius 1 is 1.17 bits per heavy atom. The number of rotatable bonds is 6. The van der Waals surface area contributed by atoms with Gasteiger partial charge in [0.25, 0.3) is 0 Å². The predicted octanol–water partition coefficient (Wildman–Crippen LogP) is 3.11. The van der Waals surface area contributed by atoms with Crippen LogP contribution in [-0.2, 0) is 16.0 Å². The van der Waals surface area contributed by atoms with Crippen molar-refractivity contribution in [3.8, 4) is 5.75 Å². The summed E-state index contributed by atoms with van der Waals surface area (Å²) in [4.78, 5) is 24.2. The summed E-state index contributed by atoms with van der Waals surface area (Å²) in [5, 5.41) is 21.8. The average molecular weight is 333 g/mol. The highest BCUT2D eigenvalue weighted by Gasteiger charge is 2.37. The molecule has 0 radical (unpaired) electrons. The fraction of sp³-hybridized carbons (Fsp3) is 0.579. The number of carbonyl (C=O) groups is 2. The van der Waals surface area contributed by atoms with Crippen molar-refractivity contribution < 1.29 is 19.8 Å². The first-order chi connectivity index (χ1) is 11.3. The van der Waals surface area contributed by atoms with Crippen LogP contribution in [0, 0.1) is 11.8 Å². The van der Waals surface area contributed by atoms with E-state index in [2.05, 4.69) is 5.32 Å². The highest BCUT2D eigenvalue weighted by molar-refractivity contribution is 5.97. The summed E-state index contributed by atoms with van der Waals surface area (Å²) in [6.07, 6.45) is 5.30. The second-order valence-electron chi connectivity index (χ2n) is 7.43. The second-order valence-corrected chi connectivity index (χ2v) is 7.43. The van der Waals surface area contributed by atoms with Crippen LogP contribution in [0.1, 0.15) is 51.5 Å². The van der Waals surface area contributed by atoms with Gasteiger partial charge < -0.3 is 15.5 Å². The molecule has 0 aromatic heterocycles. The largest absolute Gasteiger partial charge is 0.508 e. The zero-order chi connectivity index (χ0) is 17.7. The number of amides is 1. The van der Waals surface area contributed by atoms with Crippen molar-refractivity contribution in [3.05, 3.63) is 29.8 Å². The van der Waals surface area contributed by atoms with Gasteiger partial charge in [-0.05, 0) is 56.7 Å². The van der Waals surface area contributed by atoms with E-state index < -0.39 is 23.3 Å². The normalized spacial score (nSPS) is 17.2. The van der Waals surface area contributed by atoms with Gasteiger partial charge in [-0.25, -0.2) is 0 Å². The molecule has 0 heterocycles. The third-order valence-corrected chi connectivity index (χ3v) is 4.71. The first-order valence-corrected chi connectivity index (χ1v) is 8.61. The Kier molecular flexibility index (Phi) is 5.86. The van der Waals surface area contributed by atoms with Crippen LogP contribution in [0.3, 0.4) is 0 Å². The lowest BCUT2D eigenvalue weighted by atomic mass is 9.79. The lowest BCUT2D eigenvalue weighted by Crippen LogP contribution is -2.50.